The topological polar surface area (TPSA) is 177 Å². The minimum Gasteiger partial charge on any atom is -0.388 e. The van der Waals surface area contributed by atoms with Crippen LogP contribution in [0.2, 0.25) is 0 Å². The summed E-state index contributed by atoms with van der Waals surface area (Å²) in [5.41, 5.74) is 0. The normalized spacial score (nSPS) is 35.8. The van der Waals surface area contributed by atoms with Crippen LogP contribution in [0.3, 0.4) is 0 Å². The monoisotopic (exact) mass is 312 g/mol. The van der Waals surface area contributed by atoms with Crippen molar-refractivity contribution < 1.29 is 50.0 Å². The van der Waals surface area contributed by atoms with Crippen LogP contribution in [-0.4, -0.2) is 104 Å². The second kappa shape index (κ2) is 8.08. The molecule has 1 fully saturated rings. The van der Waals surface area contributed by atoms with Gasteiger partial charge in [0.1, 0.15) is 42.7 Å². The van der Waals surface area contributed by atoms with Crippen LogP contribution in [0.5, 0.6) is 0 Å². The number of rotatable bonds is 7. The maximum Gasteiger partial charge on any atom is 0.186 e. The van der Waals surface area contributed by atoms with E-state index >= 15 is 0 Å². The molecular weight excluding hydrogens is 292 g/mol. The van der Waals surface area contributed by atoms with E-state index in [1.165, 1.54) is 0 Å². The molecule has 10 heteroatoms. The van der Waals surface area contributed by atoms with Gasteiger partial charge >= 0.3 is 0 Å². The van der Waals surface area contributed by atoms with Crippen molar-refractivity contribution in [3.8, 4) is 0 Å². The lowest BCUT2D eigenvalue weighted by Gasteiger charge is -2.35. The van der Waals surface area contributed by atoms with Gasteiger partial charge in [-0.3, -0.25) is 0 Å². The van der Waals surface area contributed by atoms with Crippen molar-refractivity contribution in [2.45, 2.75) is 49.0 Å². The van der Waals surface area contributed by atoms with Crippen molar-refractivity contribution in [1.29, 1.82) is 0 Å². The number of aldehydes is 1. The second-order valence-electron chi connectivity index (χ2n) is 4.76. The van der Waals surface area contributed by atoms with Gasteiger partial charge in [-0.25, -0.2) is 0 Å². The van der Waals surface area contributed by atoms with E-state index in [-0.39, 0.29) is 12.9 Å². The summed E-state index contributed by atoms with van der Waals surface area (Å²) in [5.74, 6) is 0. The number of carbonyl (C=O) groups excluding carboxylic acids is 1. The van der Waals surface area contributed by atoms with E-state index in [0.717, 1.165) is 0 Å². The van der Waals surface area contributed by atoms with Crippen LogP contribution in [0, 0.1) is 0 Å². The fourth-order valence-corrected chi connectivity index (χ4v) is 1.73. The van der Waals surface area contributed by atoms with E-state index in [0.29, 0.717) is 0 Å². The molecule has 0 spiro atoms. The summed E-state index contributed by atoms with van der Waals surface area (Å²) >= 11 is 0. The molecule has 0 unspecified atom stereocenters. The lowest BCUT2D eigenvalue weighted by atomic mass is 10.0. The molecule has 10 nitrogen and oxygen atoms in total. The largest absolute Gasteiger partial charge is 0.388 e. The molecule has 1 heterocycles. The van der Waals surface area contributed by atoms with E-state index in [9.17, 15) is 35.4 Å². The van der Waals surface area contributed by atoms with E-state index in [1.54, 1.807) is 0 Å². The zero-order valence-electron chi connectivity index (χ0n) is 11.0. The van der Waals surface area contributed by atoms with Gasteiger partial charge in [-0.15, -0.1) is 0 Å². The van der Waals surface area contributed by atoms with Crippen LogP contribution in [-0.2, 0) is 14.3 Å². The third-order valence-electron chi connectivity index (χ3n) is 3.12. The SMILES string of the molecule is O=C[C@H](O)[C@@H](O)[C@H](O)[C@H](O)CO[C@H]1OC[C@@H](O)[C@H](O)[C@H]1O. The Morgan fingerprint density at radius 2 is 1.71 bits per heavy atom. The highest BCUT2D eigenvalue weighted by Gasteiger charge is 2.39. The molecule has 0 amide bonds. The molecule has 1 rings (SSSR count). The van der Waals surface area contributed by atoms with Gasteiger partial charge in [0.05, 0.1) is 13.2 Å². The van der Waals surface area contributed by atoms with Crippen LogP contribution < -0.4 is 0 Å². The Morgan fingerprint density at radius 1 is 1.10 bits per heavy atom. The number of ether oxygens (including phenoxy) is 2. The summed E-state index contributed by atoms with van der Waals surface area (Å²) in [6, 6.07) is 0. The molecular formula is C11H20O10. The number of hydrogen-bond donors (Lipinski definition) is 7. The van der Waals surface area contributed by atoms with Crippen LogP contribution in [0.25, 0.3) is 0 Å². The summed E-state index contributed by atoms with van der Waals surface area (Å²) in [7, 11) is 0. The first-order valence-corrected chi connectivity index (χ1v) is 6.24. The highest BCUT2D eigenvalue weighted by atomic mass is 16.7. The molecule has 7 N–H and O–H groups in total. The van der Waals surface area contributed by atoms with Gasteiger partial charge in [-0.2, -0.15) is 0 Å². The van der Waals surface area contributed by atoms with Gasteiger partial charge in [-0.1, -0.05) is 0 Å². The molecule has 0 aliphatic carbocycles. The number of aliphatic hydroxyl groups is 7. The van der Waals surface area contributed by atoms with Crippen LogP contribution in [0.1, 0.15) is 0 Å². The van der Waals surface area contributed by atoms with E-state index < -0.39 is 55.6 Å². The predicted molar refractivity (Wildman–Crippen MR) is 63.8 cm³/mol. The summed E-state index contributed by atoms with van der Waals surface area (Å²) in [6.07, 6.45) is -13.0. The van der Waals surface area contributed by atoms with E-state index in [1.807, 2.05) is 0 Å². The molecule has 0 aromatic rings. The van der Waals surface area contributed by atoms with Gasteiger partial charge in [-0.05, 0) is 0 Å². The molecule has 8 atom stereocenters. The molecule has 0 radical (unpaired) electrons. The maximum atomic E-state index is 10.2. The first-order valence-electron chi connectivity index (χ1n) is 6.24. The first-order chi connectivity index (χ1) is 9.79. The Morgan fingerprint density at radius 3 is 2.29 bits per heavy atom. The highest BCUT2D eigenvalue weighted by molar-refractivity contribution is 5.56. The molecule has 1 aliphatic rings. The van der Waals surface area contributed by atoms with Crippen molar-refractivity contribution in [2.75, 3.05) is 13.2 Å². The predicted octanol–water partition coefficient (Wildman–Crippen LogP) is -4.92. The van der Waals surface area contributed by atoms with Crippen molar-refractivity contribution in [1.82, 2.24) is 0 Å². The fraction of sp³-hybridized carbons (Fsp3) is 0.909. The number of aliphatic hydroxyl groups excluding tert-OH is 7. The van der Waals surface area contributed by atoms with Gasteiger partial charge in [0.25, 0.3) is 0 Å². The zero-order chi connectivity index (χ0) is 16.2. The quantitative estimate of drug-likeness (QED) is 0.225. The highest BCUT2D eigenvalue weighted by Crippen LogP contribution is 2.17. The average molecular weight is 312 g/mol. The third-order valence-corrected chi connectivity index (χ3v) is 3.12. The summed E-state index contributed by atoms with van der Waals surface area (Å²) in [6.45, 7) is -0.914. The van der Waals surface area contributed by atoms with Crippen molar-refractivity contribution in [3.63, 3.8) is 0 Å². The average Bonchev–Trinajstić information content (AvgIpc) is 2.49. The van der Waals surface area contributed by atoms with Gasteiger partial charge in [0.2, 0.25) is 0 Å². The molecule has 0 bridgehead atoms. The van der Waals surface area contributed by atoms with E-state index in [2.05, 4.69) is 0 Å². The standard InChI is InChI=1S/C11H20O10/c12-1-4(13)7(16)8(17)5(14)2-20-11-10(19)9(18)6(15)3-21-11/h1,4-11,13-19H,2-3H2/t4-,5+,6+,7+,8+,9-,10+,11-/m0/s1. The fourth-order valence-electron chi connectivity index (χ4n) is 1.73. The summed E-state index contributed by atoms with van der Waals surface area (Å²) in [5, 5.41) is 65.6. The van der Waals surface area contributed by atoms with Gasteiger partial charge in [0, 0.05) is 0 Å². The van der Waals surface area contributed by atoms with E-state index in [4.69, 9.17) is 14.6 Å². The van der Waals surface area contributed by atoms with Gasteiger partial charge < -0.3 is 50.0 Å². The molecule has 1 saturated heterocycles. The second-order valence-corrected chi connectivity index (χ2v) is 4.76. The zero-order valence-corrected chi connectivity index (χ0v) is 11.0. The lowest BCUT2D eigenvalue weighted by Crippen LogP contribution is -2.54. The number of carbonyl (C=O) groups is 1. The minimum atomic E-state index is -1.91. The summed E-state index contributed by atoms with van der Waals surface area (Å²) < 4.78 is 9.82. The third kappa shape index (κ3) is 4.64. The minimum absolute atomic E-state index is 0.00674. The Bertz CT molecular complexity index is 326. The summed E-state index contributed by atoms with van der Waals surface area (Å²) in [4.78, 5) is 10.2. The maximum absolute atomic E-state index is 10.2. The molecule has 0 aromatic heterocycles. The lowest BCUT2D eigenvalue weighted by molar-refractivity contribution is -0.277. The molecule has 21 heavy (non-hydrogen) atoms. The Kier molecular flexibility index (Phi) is 7.06. The Balaban J connectivity index is 2.45. The van der Waals surface area contributed by atoms with Crippen molar-refractivity contribution >= 4 is 6.29 Å². The number of hydrogen-bond acceptors (Lipinski definition) is 10. The van der Waals surface area contributed by atoms with Crippen LogP contribution in [0.4, 0.5) is 0 Å². The van der Waals surface area contributed by atoms with Gasteiger partial charge in [0.15, 0.2) is 12.6 Å². The molecule has 124 valence electrons. The van der Waals surface area contributed by atoms with Crippen LogP contribution in [0.15, 0.2) is 0 Å². The Labute approximate surface area is 119 Å². The molecule has 0 saturated carbocycles. The smallest absolute Gasteiger partial charge is 0.186 e. The molecule has 0 aromatic carbocycles. The van der Waals surface area contributed by atoms with Crippen LogP contribution >= 0.6 is 0 Å². The first kappa shape index (κ1) is 18.4. The van der Waals surface area contributed by atoms with Crippen molar-refractivity contribution in [3.05, 3.63) is 0 Å². The van der Waals surface area contributed by atoms with Crippen molar-refractivity contribution in [2.24, 2.45) is 0 Å². The Hall–Kier alpha value is -0.690. The molecule has 1 aliphatic heterocycles.